The number of hydrogen-bond acceptors (Lipinski definition) is 6. The summed E-state index contributed by atoms with van der Waals surface area (Å²) in [5.74, 6) is 0.856. The van der Waals surface area contributed by atoms with Crippen molar-refractivity contribution in [2.45, 2.75) is 13.0 Å². The van der Waals surface area contributed by atoms with Gasteiger partial charge in [0.25, 0.3) is 5.91 Å². The number of para-hydroxylation sites is 1. The van der Waals surface area contributed by atoms with Crippen LogP contribution in [0, 0.1) is 11.3 Å². The van der Waals surface area contributed by atoms with Gasteiger partial charge >= 0.3 is 0 Å². The molecule has 1 heterocycles. The zero-order chi connectivity index (χ0) is 23.9. The van der Waals surface area contributed by atoms with E-state index in [1.54, 1.807) is 17.0 Å². The average Bonchev–Trinajstić information content (AvgIpc) is 3.17. The SMILES string of the molecule is COc1cc(/C=C2/SC(=Nc3ccccc3)N([C@H](C)c3ccccc3)C2=O)ccc1OCC#N. The Hall–Kier alpha value is -4.02. The first-order valence-electron chi connectivity index (χ1n) is 10.7. The normalized spacial score (nSPS) is 16.5. The van der Waals surface area contributed by atoms with Crippen LogP contribution < -0.4 is 9.47 Å². The van der Waals surface area contributed by atoms with Gasteiger partial charge in [-0.1, -0.05) is 54.6 Å². The van der Waals surface area contributed by atoms with Crippen LogP contribution in [0.3, 0.4) is 0 Å². The molecule has 1 aliphatic rings. The molecule has 0 aromatic heterocycles. The van der Waals surface area contributed by atoms with Gasteiger partial charge in [-0.3, -0.25) is 9.69 Å². The third-order valence-electron chi connectivity index (χ3n) is 5.26. The lowest BCUT2D eigenvalue weighted by Crippen LogP contribution is -2.32. The Morgan fingerprint density at radius 2 is 1.76 bits per heavy atom. The van der Waals surface area contributed by atoms with Gasteiger partial charge in [0.15, 0.2) is 23.3 Å². The van der Waals surface area contributed by atoms with Crippen LogP contribution in [-0.4, -0.2) is 29.7 Å². The van der Waals surface area contributed by atoms with Gasteiger partial charge in [0.1, 0.15) is 6.07 Å². The van der Waals surface area contributed by atoms with Gasteiger partial charge in [-0.25, -0.2) is 4.99 Å². The third kappa shape index (κ3) is 5.13. The fourth-order valence-corrected chi connectivity index (χ4v) is 4.62. The van der Waals surface area contributed by atoms with E-state index >= 15 is 0 Å². The average molecular weight is 470 g/mol. The number of carbonyl (C=O) groups is 1. The van der Waals surface area contributed by atoms with E-state index in [0.29, 0.717) is 21.6 Å². The summed E-state index contributed by atoms with van der Waals surface area (Å²) in [5.41, 5.74) is 2.59. The van der Waals surface area contributed by atoms with E-state index < -0.39 is 0 Å². The molecule has 3 aromatic rings. The smallest absolute Gasteiger partial charge is 0.267 e. The molecule has 0 bridgehead atoms. The minimum atomic E-state index is -0.189. The molecule has 1 atom stereocenters. The lowest BCUT2D eigenvalue weighted by atomic mass is 10.1. The van der Waals surface area contributed by atoms with E-state index in [4.69, 9.17) is 19.7 Å². The fraction of sp³-hybridized carbons (Fsp3) is 0.148. The van der Waals surface area contributed by atoms with Crippen LogP contribution in [0.2, 0.25) is 0 Å². The highest BCUT2D eigenvalue weighted by atomic mass is 32.2. The van der Waals surface area contributed by atoms with Gasteiger partial charge in [-0.15, -0.1) is 0 Å². The molecule has 0 unspecified atom stereocenters. The van der Waals surface area contributed by atoms with Crippen molar-refractivity contribution in [1.29, 1.82) is 5.26 Å². The minimum Gasteiger partial charge on any atom is -0.493 e. The van der Waals surface area contributed by atoms with Crippen LogP contribution in [0.5, 0.6) is 11.5 Å². The third-order valence-corrected chi connectivity index (χ3v) is 6.25. The first kappa shape index (κ1) is 23.1. The van der Waals surface area contributed by atoms with Crippen molar-refractivity contribution in [3.05, 3.63) is 94.9 Å². The molecule has 4 rings (SSSR count). The van der Waals surface area contributed by atoms with Gasteiger partial charge in [0, 0.05) is 0 Å². The maximum absolute atomic E-state index is 13.6. The molecular weight excluding hydrogens is 446 g/mol. The van der Waals surface area contributed by atoms with Crippen LogP contribution in [0.15, 0.2) is 88.8 Å². The molecule has 1 saturated heterocycles. The Bertz CT molecular complexity index is 1270. The summed E-state index contributed by atoms with van der Waals surface area (Å²) >= 11 is 1.34. The summed E-state index contributed by atoms with van der Waals surface area (Å²) in [5, 5.41) is 9.39. The summed E-state index contributed by atoms with van der Waals surface area (Å²) in [4.78, 5) is 20.6. The predicted octanol–water partition coefficient (Wildman–Crippen LogP) is 5.96. The van der Waals surface area contributed by atoms with Gasteiger partial charge in [0.2, 0.25) is 0 Å². The van der Waals surface area contributed by atoms with Crippen molar-refractivity contribution in [1.82, 2.24) is 4.90 Å². The predicted molar refractivity (Wildman–Crippen MR) is 135 cm³/mol. The van der Waals surface area contributed by atoms with E-state index in [1.807, 2.05) is 85.8 Å². The topological polar surface area (TPSA) is 74.9 Å². The van der Waals surface area contributed by atoms with Crippen molar-refractivity contribution in [3.8, 4) is 17.6 Å². The number of rotatable bonds is 7. The van der Waals surface area contributed by atoms with Gasteiger partial charge in [-0.05, 0) is 60.2 Å². The Morgan fingerprint density at radius 1 is 1.06 bits per heavy atom. The van der Waals surface area contributed by atoms with E-state index in [2.05, 4.69) is 0 Å². The van der Waals surface area contributed by atoms with Crippen LogP contribution in [0.4, 0.5) is 5.69 Å². The van der Waals surface area contributed by atoms with Crippen LogP contribution in [-0.2, 0) is 4.79 Å². The summed E-state index contributed by atoms with van der Waals surface area (Å²) in [7, 11) is 1.54. The van der Waals surface area contributed by atoms with Crippen molar-refractivity contribution in [3.63, 3.8) is 0 Å². The number of thioether (sulfide) groups is 1. The van der Waals surface area contributed by atoms with E-state index in [9.17, 15) is 4.79 Å². The van der Waals surface area contributed by atoms with Gasteiger partial charge in [0.05, 0.1) is 23.7 Å². The number of amidine groups is 1. The van der Waals surface area contributed by atoms with Crippen molar-refractivity contribution in [2.24, 2.45) is 4.99 Å². The largest absolute Gasteiger partial charge is 0.493 e. The molecule has 1 aliphatic heterocycles. The number of nitriles is 1. The standard InChI is InChI=1S/C27H23N3O3S/c1-19(21-9-5-3-6-10-21)30-26(31)25(34-27(30)29-22-11-7-4-8-12-22)18-20-13-14-23(33-16-15-28)24(17-20)32-2/h3-14,17-19H,16H2,1-2H3/b25-18+,29-27?/t19-/m1/s1. The lowest BCUT2D eigenvalue weighted by molar-refractivity contribution is -0.123. The minimum absolute atomic E-state index is 0.0726. The number of methoxy groups -OCH3 is 1. The Morgan fingerprint density at radius 3 is 2.44 bits per heavy atom. The highest BCUT2D eigenvalue weighted by molar-refractivity contribution is 8.18. The zero-order valence-corrected chi connectivity index (χ0v) is 19.7. The van der Waals surface area contributed by atoms with E-state index in [-0.39, 0.29) is 18.6 Å². The molecule has 1 amide bonds. The highest BCUT2D eigenvalue weighted by Gasteiger charge is 2.37. The summed E-state index contributed by atoms with van der Waals surface area (Å²) in [6.07, 6.45) is 1.82. The molecular formula is C27H23N3O3S. The molecule has 34 heavy (non-hydrogen) atoms. The Labute approximate surface area is 203 Å². The van der Waals surface area contributed by atoms with Crippen molar-refractivity contribution < 1.29 is 14.3 Å². The number of nitrogens with zero attached hydrogens (tertiary/aromatic N) is 3. The molecule has 170 valence electrons. The van der Waals surface area contributed by atoms with E-state index in [1.165, 1.54) is 18.9 Å². The monoisotopic (exact) mass is 469 g/mol. The number of benzene rings is 3. The van der Waals surface area contributed by atoms with Crippen LogP contribution in [0.25, 0.3) is 6.08 Å². The Balaban J connectivity index is 1.70. The molecule has 7 heteroatoms. The highest BCUT2D eigenvalue weighted by Crippen LogP contribution is 2.40. The first-order chi connectivity index (χ1) is 16.6. The first-order valence-corrected chi connectivity index (χ1v) is 11.5. The maximum atomic E-state index is 13.6. The van der Waals surface area contributed by atoms with E-state index in [0.717, 1.165) is 16.8 Å². The van der Waals surface area contributed by atoms with Crippen molar-refractivity contribution in [2.75, 3.05) is 13.7 Å². The second-order valence-electron chi connectivity index (χ2n) is 7.46. The van der Waals surface area contributed by atoms with Gasteiger partial charge < -0.3 is 9.47 Å². The molecule has 0 aliphatic carbocycles. The zero-order valence-electron chi connectivity index (χ0n) is 18.8. The molecule has 0 radical (unpaired) electrons. The second kappa shape index (κ2) is 10.7. The second-order valence-corrected chi connectivity index (χ2v) is 8.47. The van der Waals surface area contributed by atoms with Crippen LogP contribution >= 0.6 is 11.8 Å². The number of ether oxygens (including phenoxy) is 2. The lowest BCUT2D eigenvalue weighted by Gasteiger charge is -2.24. The molecule has 6 nitrogen and oxygen atoms in total. The molecule has 0 N–H and O–H groups in total. The number of amides is 1. The van der Waals surface area contributed by atoms with Crippen LogP contribution in [0.1, 0.15) is 24.1 Å². The number of hydrogen-bond donors (Lipinski definition) is 0. The number of aliphatic imine (C=N–C) groups is 1. The molecule has 0 saturated carbocycles. The fourth-order valence-electron chi connectivity index (χ4n) is 3.55. The molecule has 0 spiro atoms. The summed E-state index contributed by atoms with van der Waals surface area (Å²) in [6.45, 7) is 1.93. The van der Waals surface area contributed by atoms with Gasteiger partial charge in [-0.2, -0.15) is 5.26 Å². The molecule has 1 fully saturated rings. The number of carbonyl (C=O) groups excluding carboxylic acids is 1. The maximum Gasteiger partial charge on any atom is 0.267 e. The summed E-state index contributed by atoms with van der Waals surface area (Å²) in [6, 6.07) is 26.6. The quantitative estimate of drug-likeness (QED) is 0.399. The Kier molecular flexibility index (Phi) is 7.31. The molecule has 3 aromatic carbocycles. The summed E-state index contributed by atoms with van der Waals surface area (Å²) < 4.78 is 10.8. The van der Waals surface area contributed by atoms with Crippen molar-refractivity contribution >= 4 is 34.6 Å².